The van der Waals surface area contributed by atoms with E-state index in [2.05, 4.69) is 21.2 Å². The van der Waals surface area contributed by atoms with Crippen molar-refractivity contribution >= 4 is 27.5 Å². The predicted molar refractivity (Wildman–Crippen MR) is 82.0 cm³/mol. The Bertz CT molecular complexity index is 453. The summed E-state index contributed by atoms with van der Waals surface area (Å²) in [5.74, 6) is 0.881. The molecule has 1 fully saturated rings. The van der Waals surface area contributed by atoms with Gasteiger partial charge in [-0.15, -0.1) is 0 Å². The summed E-state index contributed by atoms with van der Waals surface area (Å²) in [5.41, 5.74) is 7.69. The number of nitrogens with one attached hydrogen (secondary N) is 1. The largest absolute Gasteiger partial charge is 0.330 e. The summed E-state index contributed by atoms with van der Waals surface area (Å²) >= 11 is 3.47. The number of anilines is 1. The second kappa shape index (κ2) is 6.53. The lowest BCUT2D eigenvalue weighted by Gasteiger charge is -2.26. The van der Waals surface area contributed by atoms with Crippen LogP contribution in [0, 0.1) is 18.8 Å². The van der Waals surface area contributed by atoms with Crippen molar-refractivity contribution < 1.29 is 4.79 Å². The molecule has 3 nitrogen and oxygen atoms in total. The average Bonchev–Trinajstić information content (AvgIpc) is 2.43. The van der Waals surface area contributed by atoms with Crippen molar-refractivity contribution in [2.24, 2.45) is 17.6 Å². The summed E-state index contributed by atoms with van der Waals surface area (Å²) < 4.78 is 0.932. The SMILES string of the molecule is Cc1ccc(Br)c(NC(=O)C2CCC(CN)CC2)c1. The Morgan fingerprint density at radius 2 is 2.05 bits per heavy atom. The zero-order chi connectivity index (χ0) is 13.8. The van der Waals surface area contributed by atoms with Gasteiger partial charge in [-0.25, -0.2) is 0 Å². The molecule has 19 heavy (non-hydrogen) atoms. The van der Waals surface area contributed by atoms with Gasteiger partial charge in [0.1, 0.15) is 0 Å². The Morgan fingerprint density at radius 3 is 2.68 bits per heavy atom. The minimum atomic E-state index is 0.134. The zero-order valence-corrected chi connectivity index (χ0v) is 12.9. The molecule has 0 saturated heterocycles. The molecule has 4 heteroatoms. The number of benzene rings is 1. The smallest absolute Gasteiger partial charge is 0.227 e. The molecule has 1 aromatic carbocycles. The van der Waals surface area contributed by atoms with Crippen molar-refractivity contribution in [3.63, 3.8) is 0 Å². The molecule has 0 atom stereocenters. The number of aryl methyl sites for hydroxylation is 1. The standard InChI is InChI=1S/C15H21BrN2O/c1-10-2-7-13(16)14(8-10)18-15(19)12-5-3-11(9-17)4-6-12/h2,7-8,11-12H,3-6,9,17H2,1H3,(H,18,19). The lowest BCUT2D eigenvalue weighted by molar-refractivity contribution is -0.121. The number of amides is 1. The van der Waals surface area contributed by atoms with E-state index < -0.39 is 0 Å². The van der Waals surface area contributed by atoms with E-state index in [1.54, 1.807) is 0 Å². The van der Waals surface area contributed by atoms with E-state index in [9.17, 15) is 4.79 Å². The first kappa shape index (κ1) is 14.5. The Kier molecular flexibility index (Phi) is 4.99. The van der Waals surface area contributed by atoms with E-state index in [0.29, 0.717) is 5.92 Å². The van der Waals surface area contributed by atoms with Crippen LogP contribution < -0.4 is 11.1 Å². The van der Waals surface area contributed by atoms with Gasteiger partial charge in [0.2, 0.25) is 5.91 Å². The third-order valence-corrected chi connectivity index (χ3v) is 4.62. The van der Waals surface area contributed by atoms with Crippen LogP contribution in [-0.2, 0) is 4.79 Å². The molecule has 0 radical (unpaired) electrons. The summed E-state index contributed by atoms with van der Waals surface area (Å²) in [5, 5.41) is 3.04. The number of rotatable bonds is 3. The van der Waals surface area contributed by atoms with Crippen LogP contribution in [0.25, 0.3) is 0 Å². The van der Waals surface area contributed by atoms with Gasteiger partial charge in [0.15, 0.2) is 0 Å². The van der Waals surface area contributed by atoms with Crippen LogP contribution in [0.3, 0.4) is 0 Å². The predicted octanol–water partition coefficient (Wildman–Crippen LogP) is 3.46. The van der Waals surface area contributed by atoms with Crippen molar-refractivity contribution in [1.82, 2.24) is 0 Å². The van der Waals surface area contributed by atoms with Crippen LogP contribution in [0.2, 0.25) is 0 Å². The molecule has 0 aromatic heterocycles. The van der Waals surface area contributed by atoms with Crippen LogP contribution in [-0.4, -0.2) is 12.5 Å². The van der Waals surface area contributed by atoms with Crippen LogP contribution >= 0.6 is 15.9 Å². The maximum atomic E-state index is 12.3. The van der Waals surface area contributed by atoms with Gasteiger partial charge in [-0.1, -0.05) is 6.07 Å². The molecule has 0 bridgehead atoms. The minimum Gasteiger partial charge on any atom is -0.330 e. The van der Waals surface area contributed by atoms with E-state index in [1.807, 2.05) is 25.1 Å². The first-order valence-electron chi connectivity index (χ1n) is 6.87. The molecule has 0 spiro atoms. The van der Waals surface area contributed by atoms with Crippen molar-refractivity contribution in [1.29, 1.82) is 0 Å². The molecule has 1 aliphatic rings. The van der Waals surface area contributed by atoms with Gasteiger partial charge in [-0.05, 0) is 78.7 Å². The van der Waals surface area contributed by atoms with Crippen LogP contribution in [0.4, 0.5) is 5.69 Å². The molecule has 1 saturated carbocycles. The second-order valence-electron chi connectivity index (χ2n) is 5.43. The topological polar surface area (TPSA) is 55.1 Å². The Hall–Kier alpha value is -0.870. The summed E-state index contributed by atoms with van der Waals surface area (Å²) in [6, 6.07) is 5.98. The molecule has 0 aliphatic heterocycles. The highest BCUT2D eigenvalue weighted by Gasteiger charge is 2.25. The van der Waals surface area contributed by atoms with E-state index in [1.165, 1.54) is 0 Å². The molecule has 1 aliphatic carbocycles. The number of nitrogens with two attached hydrogens (primary N) is 1. The summed E-state index contributed by atoms with van der Waals surface area (Å²) in [6.45, 7) is 2.77. The fourth-order valence-electron chi connectivity index (χ4n) is 2.63. The van der Waals surface area contributed by atoms with Crippen LogP contribution in [0.15, 0.2) is 22.7 Å². The zero-order valence-electron chi connectivity index (χ0n) is 11.3. The Balaban J connectivity index is 1.96. The number of carbonyl (C=O) groups excluding carboxylic acids is 1. The molecular formula is C15H21BrN2O. The lowest BCUT2D eigenvalue weighted by Crippen LogP contribution is -2.29. The van der Waals surface area contributed by atoms with Gasteiger partial charge in [0, 0.05) is 10.4 Å². The molecule has 0 heterocycles. The van der Waals surface area contributed by atoms with E-state index in [4.69, 9.17) is 5.73 Å². The molecule has 3 N–H and O–H groups in total. The number of hydrogen-bond acceptors (Lipinski definition) is 2. The third kappa shape index (κ3) is 3.80. The van der Waals surface area contributed by atoms with Crippen molar-refractivity contribution in [2.45, 2.75) is 32.6 Å². The Labute approximate surface area is 123 Å². The molecule has 104 valence electrons. The fourth-order valence-corrected chi connectivity index (χ4v) is 2.98. The first-order chi connectivity index (χ1) is 9.10. The van der Waals surface area contributed by atoms with Crippen molar-refractivity contribution in [3.05, 3.63) is 28.2 Å². The van der Waals surface area contributed by atoms with E-state index >= 15 is 0 Å². The van der Waals surface area contributed by atoms with Gasteiger partial charge in [-0.3, -0.25) is 4.79 Å². The van der Waals surface area contributed by atoms with Crippen molar-refractivity contribution in [2.75, 3.05) is 11.9 Å². The van der Waals surface area contributed by atoms with Crippen LogP contribution in [0.5, 0.6) is 0 Å². The van der Waals surface area contributed by atoms with E-state index in [-0.39, 0.29) is 11.8 Å². The highest BCUT2D eigenvalue weighted by molar-refractivity contribution is 9.10. The molecule has 0 unspecified atom stereocenters. The highest BCUT2D eigenvalue weighted by Crippen LogP contribution is 2.30. The fraction of sp³-hybridized carbons (Fsp3) is 0.533. The van der Waals surface area contributed by atoms with Gasteiger partial charge in [-0.2, -0.15) is 0 Å². The minimum absolute atomic E-state index is 0.134. The molecule has 1 aromatic rings. The molecule has 1 amide bonds. The summed E-state index contributed by atoms with van der Waals surface area (Å²) in [4.78, 5) is 12.3. The van der Waals surface area contributed by atoms with Crippen LogP contribution in [0.1, 0.15) is 31.2 Å². The summed E-state index contributed by atoms with van der Waals surface area (Å²) in [6.07, 6.45) is 4.06. The van der Waals surface area contributed by atoms with Gasteiger partial charge >= 0.3 is 0 Å². The third-order valence-electron chi connectivity index (χ3n) is 3.93. The molecule has 2 rings (SSSR count). The van der Waals surface area contributed by atoms with Gasteiger partial charge in [0.25, 0.3) is 0 Å². The number of hydrogen-bond donors (Lipinski definition) is 2. The summed E-state index contributed by atoms with van der Waals surface area (Å²) in [7, 11) is 0. The maximum absolute atomic E-state index is 12.3. The van der Waals surface area contributed by atoms with E-state index in [0.717, 1.165) is 48.0 Å². The number of carbonyl (C=O) groups is 1. The monoisotopic (exact) mass is 324 g/mol. The maximum Gasteiger partial charge on any atom is 0.227 e. The lowest BCUT2D eigenvalue weighted by atomic mass is 9.81. The first-order valence-corrected chi connectivity index (χ1v) is 7.66. The molecular weight excluding hydrogens is 304 g/mol. The Morgan fingerprint density at radius 1 is 1.37 bits per heavy atom. The normalized spacial score (nSPS) is 23.1. The number of halogens is 1. The average molecular weight is 325 g/mol. The van der Waals surface area contributed by atoms with Gasteiger partial charge in [0.05, 0.1) is 5.69 Å². The highest BCUT2D eigenvalue weighted by atomic mass is 79.9. The van der Waals surface area contributed by atoms with Gasteiger partial charge < -0.3 is 11.1 Å². The van der Waals surface area contributed by atoms with Crippen molar-refractivity contribution in [3.8, 4) is 0 Å². The quantitative estimate of drug-likeness (QED) is 0.894. The second-order valence-corrected chi connectivity index (χ2v) is 6.28.